The Bertz CT molecular complexity index is 1010. The van der Waals surface area contributed by atoms with Crippen molar-refractivity contribution in [1.29, 1.82) is 0 Å². The van der Waals surface area contributed by atoms with E-state index in [2.05, 4.69) is 53.6 Å². The Kier molecular flexibility index (Phi) is 8.80. The van der Waals surface area contributed by atoms with E-state index in [-0.39, 0.29) is 0 Å². The molecule has 0 saturated carbocycles. The van der Waals surface area contributed by atoms with Crippen molar-refractivity contribution in [3.63, 3.8) is 0 Å². The van der Waals surface area contributed by atoms with E-state index in [1.54, 1.807) is 16.5 Å². The number of allylic oxidation sites excluding steroid dienone is 1. The second kappa shape index (κ2) is 11.6. The number of rotatable bonds is 8. The fourth-order valence-electron chi connectivity index (χ4n) is 5.41. The lowest BCUT2D eigenvalue weighted by atomic mass is 9.72. The third-order valence-corrected chi connectivity index (χ3v) is 7.27. The lowest BCUT2D eigenvalue weighted by Crippen LogP contribution is -2.50. The van der Waals surface area contributed by atoms with Gasteiger partial charge in [0.05, 0.1) is 0 Å². The zero-order valence-corrected chi connectivity index (χ0v) is 20.3. The second-order valence-electron chi connectivity index (χ2n) is 8.78. The van der Waals surface area contributed by atoms with Gasteiger partial charge in [-0.25, -0.2) is 9.59 Å². The van der Waals surface area contributed by atoms with Gasteiger partial charge in [0, 0.05) is 54.3 Å². The van der Waals surface area contributed by atoms with Crippen LogP contribution in [0.3, 0.4) is 0 Å². The summed E-state index contributed by atoms with van der Waals surface area (Å²) in [7, 11) is 0. The number of hydrogen-bond donors (Lipinski definition) is 2. The Balaban J connectivity index is 0.000000331. The maximum absolute atomic E-state index is 9.55. The van der Waals surface area contributed by atoms with E-state index in [0.29, 0.717) is 24.1 Å². The van der Waals surface area contributed by atoms with Crippen molar-refractivity contribution < 1.29 is 19.8 Å². The molecule has 2 aromatic rings. The Morgan fingerprint density at radius 1 is 1.24 bits per heavy atom. The van der Waals surface area contributed by atoms with Gasteiger partial charge in [-0.1, -0.05) is 25.1 Å². The Hall–Kier alpha value is -2.51. The minimum atomic E-state index is -1.26. The van der Waals surface area contributed by atoms with E-state index >= 15 is 0 Å². The van der Waals surface area contributed by atoms with Gasteiger partial charge >= 0.3 is 11.9 Å². The molecule has 1 aromatic carbocycles. The van der Waals surface area contributed by atoms with E-state index in [1.165, 1.54) is 43.6 Å². The highest BCUT2D eigenvalue weighted by Gasteiger charge is 2.40. The molecular formula is C26H34N2O4S. The smallest absolute Gasteiger partial charge is 0.328 e. The number of carboxylic acids is 2. The predicted molar refractivity (Wildman–Crippen MR) is 135 cm³/mol. The Labute approximate surface area is 200 Å². The molecule has 1 fully saturated rings. The van der Waals surface area contributed by atoms with Gasteiger partial charge in [-0.15, -0.1) is 6.58 Å². The largest absolute Gasteiger partial charge is 0.478 e. The van der Waals surface area contributed by atoms with E-state index in [4.69, 9.17) is 10.2 Å². The number of nitrogens with zero attached hydrogens (tertiary/aromatic N) is 2. The van der Waals surface area contributed by atoms with Crippen LogP contribution in [0.15, 0.2) is 49.2 Å². The molecule has 3 atom stereocenters. The average Bonchev–Trinajstić information content (AvgIpc) is 3.13. The second-order valence-corrected chi connectivity index (χ2v) is 9.69. The van der Waals surface area contributed by atoms with E-state index in [9.17, 15) is 9.59 Å². The van der Waals surface area contributed by atoms with Gasteiger partial charge in [-0.3, -0.25) is 4.90 Å². The molecule has 7 heteroatoms. The minimum absolute atomic E-state index is 0.558. The number of carboxylic acid groups (broad SMARTS) is 2. The first-order chi connectivity index (χ1) is 15.9. The molecule has 0 radical (unpaired) electrons. The van der Waals surface area contributed by atoms with Crippen LogP contribution >= 0.6 is 11.8 Å². The Morgan fingerprint density at radius 3 is 2.58 bits per heavy atom. The zero-order valence-electron chi connectivity index (χ0n) is 19.4. The van der Waals surface area contributed by atoms with Crippen molar-refractivity contribution in [3.05, 3.63) is 60.3 Å². The van der Waals surface area contributed by atoms with E-state index < -0.39 is 11.9 Å². The van der Waals surface area contributed by atoms with Crippen LogP contribution in [0.2, 0.25) is 0 Å². The summed E-state index contributed by atoms with van der Waals surface area (Å²) < 4.78 is 2.39. The predicted octanol–water partition coefficient (Wildman–Crippen LogP) is 4.64. The number of hydrogen-bond acceptors (Lipinski definition) is 4. The van der Waals surface area contributed by atoms with Crippen molar-refractivity contribution in [2.75, 3.05) is 25.1 Å². The molecule has 1 saturated heterocycles. The van der Waals surface area contributed by atoms with Crippen molar-refractivity contribution in [2.45, 2.75) is 44.7 Å². The quantitative estimate of drug-likeness (QED) is 0.432. The molecule has 0 unspecified atom stereocenters. The van der Waals surface area contributed by atoms with Gasteiger partial charge in [0.2, 0.25) is 0 Å². The number of aliphatic carboxylic acids is 2. The average molecular weight is 471 g/mol. The fraction of sp³-hybridized carbons (Fsp3) is 0.462. The molecular weight excluding hydrogens is 436 g/mol. The lowest BCUT2D eigenvalue weighted by molar-refractivity contribution is -0.134. The van der Waals surface area contributed by atoms with Crippen LogP contribution in [0.4, 0.5) is 0 Å². The molecule has 4 rings (SSSR count). The Morgan fingerprint density at radius 2 is 1.97 bits per heavy atom. The molecule has 1 aliphatic carbocycles. The van der Waals surface area contributed by atoms with E-state index in [0.717, 1.165) is 12.5 Å². The maximum atomic E-state index is 9.55. The van der Waals surface area contributed by atoms with Crippen LogP contribution in [-0.4, -0.2) is 62.8 Å². The van der Waals surface area contributed by atoms with Crippen LogP contribution in [0.25, 0.3) is 10.9 Å². The molecule has 1 aromatic heterocycles. The summed E-state index contributed by atoms with van der Waals surface area (Å²) in [6.07, 6.45) is 11.6. The molecule has 1 aliphatic heterocycles. The third-order valence-electron chi connectivity index (χ3n) is 6.47. The first-order valence-electron chi connectivity index (χ1n) is 11.5. The first-order valence-corrected chi connectivity index (χ1v) is 12.9. The zero-order chi connectivity index (χ0) is 24.0. The SMILES string of the molecule is C=CCn1cc2c3c(cccc31)[C@H]1C[C@@H](CSC)CN(CCC)[C@@H]1C2.O=C(O)/C=C\C(=O)O. The number of benzene rings is 1. The third kappa shape index (κ3) is 5.89. The number of fused-ring (bicyclic) bond motifs is 2. The van der Waals surface area contributed by atoms with Gasteiger partial charge < -0.3 is 14.8 Å². The van der Waals surface area contributed by atoms with Crippen molar-refractivity contribution in [1.82, 2.24) is 9.47 Å². The normalized spacial score (nSPS) is 21.9. The topological polar surface area (TPSA) is 82.8 Å². The number of piperidine rings is 1. The molecule has 2 N–H and O–H groups in total. The summed E-state index contributed by atoms with van der Waals surface area (Å²) in [4.78, 5) is 21.9. The maximum Gasteiger partial charge on any atom is 0.328 e. The number of thioether (sulfide) groups is 1. The fourth-order valence-corrected chi connectivity index (χ4v) is 6.12. The van der Waals surface area contributed by atoms with Crippen LogP contribution in [0.5, 0.6) is 0 Å². The van der Waals surface area contributed by atoms with Crippen molar-refractivity contribution in [3.8, 4) is 0 Å². The van der Waals surface area contributed by atoms with Gasteiger partial charge in [0.1, 0.15) is 0 Å². The summed E-state index contributed by atoms with van der Waals surface area (Å²) in [6, 6.07) is 7.66. The monoisotopic (exact) mass is 470 g/mol. The van der Waals surface area contributed by atoms with Gasteiger partial charge in [-0.2, -0.15) is 11.8 Å². The minimum Gasteiger partial charge on any atom is -0.478 e. The highest BCUT2D eigenvalue weighted by atomic mass is 32.2. The van der Waals surface area contributed by atoms with Crippen molar-refractivity contribution in [2.24, 2.45) is 5.92 Å². The number of likely N-dealkylation sites (tertiary alicyclic amines) is 1. The van der Waals surface area contributed by atoms with Crippen LogP contribution in [0.1, 0.15) is 36.8 Å². The molecule has 0 amide bonds. The standard InChI is InChI=1S/C22H30N2S.C4H4O4/c1-4-9-23-13-16(15-25-3)11-19-18-7-6-8-20-22(18)17(12-21(19)23)14-24(20)10-5-2;5-3(6)1-2-4(7)8/h5-8,14,16,19,21H,2,4,9-13,15H2,1,3H3;1-2H,(H,5,6)(H,7,8)/b;2-1-/t16-,19-,21-;/m1./s1. The highest BCUT2D eigenvalue weighted by Crippen LogP contribution is 2.45. The lowest BCUT2D eigenvalue weighted by Gasteiger charge is -2.47. The molecule has 2 aliphatic rings. The summed E-state index contributed by atoms with van der Waals surface area (Å²) in [5.41, 5.74) is 4.57. The summed E-state index contributed by atoms with van der Waals surface area (Å²) >= 11 is 2.01. The summed E-state index contributed by atoms with van der Waals surface area (Å²) in [5, 5.41) is 17.2. The first kappa shape index (κ1) is 25.1. The summed E-state index contributed by atoms with van der Waals surface area (Å²) in [6.45, 7) is 9.70. The van der Waals surface area contributed by atoms with Crippen LogP contribution in [0, 0.1) is 5.92 Å². The molecule has 6 nitrogen and oxygen atoms in total. The molecule has 0 spiro atoms. The number of carbonyl (C=O) groups is 2. The van der Waals surface area contributed by atoms with E-state index in [1.807, 2.05) is 17.8 Å². The van der Waals surface area contributed by atoms with Gasteiger partial charge in [-0.05, 0) is 60.9 Å². The summed E-state index contributed by atoms with van der Waals surface area (Å²) in [5.74, 6) is 0.312. The van der Waals surface area contributed by atoms with Gasteiger partial charge in [0.15, 0.2) is 0 Å². The van der Waals surface area contributed by atoms with Crippen molar-refractivity contribution >= 4 is 34.6 Å². The van der Waals surface area contributed by atoms with Gasteiger partial charge in [0.25, 0.3) is 0 Å². The molecule has 178 valence electrons. The molecule has 33 heavy (non-hydrogen) atoms. The number of aromatic nitrogens is 1. The van der Waals surface area contributed by atoms with Crippen LogP contribution < -0.4 is 0 Å². The molecule has 0 bridgehead atoms. The highest BCUT2D eigenvalue weighted by molar-refractivity contribution is 7.98. The van der Waals surface area contributed by atoms with Crippen LogP contribution in [-0.2, 0) is 22.6 Å². The molecule has 2 heterocycles.